The van der Waals surface area contributed by atoms with Crippen LogP contribution in [0.15, 0.2) is 22.7 Å². The van der Waals surface area contributed by atoms with Crippen LogP contribution in [-0.4, -0.2) is 6.54 Å². The lowest BCUT2D eigenvalue weighted by Gasteiger charge is -2.13. The summed E-state index contributed by atoms with van der Waals surface area (Å²) in [6.45, 7) is 0.660. The number of nitrogens with two attached hydrogens (primary N) is 2. The molecule has 0 aromatic heterocycles. The van der Waals surface area contributed by atoms with E-state index in [1.54, 1.807) is 18.2 Å². The number of rotatable bonds is 5. The van der Waals surface area contributed by atoms with Crippen LogP contribution in [0.4, 0.5) is 4.39 Å². The maximum Gasteiger partial charge on any atom is 0.142 e. The lowest BCUT2D eigenvalue weighted by Crippen LogP contribution is -2.13. The van der Waals surface area contributed by atoms with Gasteiger partial charge in [0.15, 0.2) is 0 Å². The summed E-state index contributed by atoms with van der Waals surface area (Å²) < 4.78 is 14.1. The largest absolute Gasteiger partial charge is 0.330 e. The van der Waals surface area contributed by atoms with Crippen LogP contribution in [-0.2, 0) is 0 Å². The molecule has 0 aliphatic heterocycles. The van der Waals surface area contributed by atoms with Crippen LogP contribution < -0.4 is 11.5 Å². The SMILES string of the molecule is Cl.NCCCC[C@@H](N)c1cccc(Br)c1F. The Hall–Kier alpha value is -0.160. The average molecular weight is 312 g/mol. The van der Waals surface area contributed by atoms with Crippen LogP contribution in [0.2, 0.25) is 0 Å². The lowest BCUT2D eigenvalue weighted by atomic mass is 10.0. The van der Waals surface area contributed by atoms with Crippen molar-refractivity contribution in [2.75, 3.05) is 6.54 Å². The first kappa shape index (κ1) is 15.8. The molecule has 1 rings (SSSR count). The van der Waals surface area contributed by atoms with Gasteiger partial charge in [-0.25, -0.2) is 4.39 Å². The van der Waals surface area contributed by atoms with Gasteiger partial charge in [-0.2, -0.15) is 0 Å². The summed E-state index contributed by atoms with van der Waals surface area (Å²) >= 11 is 3.15. The smallest absolute Gasteiger partial charge is 0.142 e. The van der Waals surface area contributed by atoms with E-state index < -0.39 is 0 Å². The first-order valence-electron chi connectivity index (χ1n) is 5.06. The van der Waals surface area contributed by atoms with E-state index in [-0.39, 0.29) is 24.3 Å². The van der Waals surface area contributed by atoms with Crippen molar-refractivity contribution in [3.05, 3.63) is 34.1 Å². The second kappa shape index (κ2) is 8.01. The van der Waals surface area contributed by atoms with E-state index in [2.05, 4.69) is 15.9 Å². The van der Waals surface area contributed by atoms with Gasteiger partial charge in [0, 0.05) is 11.6 Å². The van der Waals surface area contributed by atoms with Crippen molar-refractivity contribution in [3.63, 3.8) is 0 Å². The molecule has 1 aromatic carbocycles. The summed E-state index contributed by atoms with van der Waals surface area (Å²) in [5, 5.41) is 0. The molecule has 0 aliphatic carbocycles. The van der Waals surface area contributed by atoms with Gasteiger partial charge in [0.1, 0.15) is 5.82 Å². The van der Waals surface area contributed by atoms with E-state index in [0.29, 0.717) is 16.6 Å². The Morgan fingerprint density at radius 2 is 2.00 bits per heavy atom. The molecular weight excluding hydrogens is 294 g/mol. The van der Waals surface area contributed by atoms with Gasteiger partial charge in [-0.1, -0.05) is 18.6 Å². The zero-order chi connectivity index (χ0) is 11.3. The van der Waals surface area contributed by atoms with Gasteiger partial charge in [-0.05, 0) is 41.4 Å². The molecule has 0 saturated heterocycles. The second-order valence-corrected chi connectivity index (χ2v) is 4.39. The molecular formula is C11H17BrClFN2. The third-order valence-corrected chi connectivity index (χ3v) is 2.96. The van der Waals surface area contributed by atoms with Crippen molar-refractivity contribution in [3.8, 4) is 0 Å². The van der Waals surface area contributed by atoms with Gasteiger partial charge >= 0.3 is 0 Å². The molecule has 0 amide bonds. The van der Waals surface area contributed by atoms with Crippen LogP contribution in [0.3, 0.4) is 0 Å². The molecule has 0 heterocycles. The van der Waals surface area contributed by atoms with Crippen LogP contribution in [0.25, 0.3) is 0 Å². The molecule has 0 saturated carbocycles. The molecule has 0 aliphatic rings. The number of halogens is 3. The third-order valence-electron chi connectivity index (χ3n) is 2.35. The summed E-state index contributed by atoms with van der Waals surface area (Å²) in [6.07, 6.45) is 2.64. The van der Waals surface area contributed by atoms with Crippen molar-refractivity contribution < 1.29 is 4.39 Å². The standard InChI is InChI=1S/C11H16BrFN2.ClH/c12-9-5-3-4-8(11(9)13)10(15)6-1-2-7-14;/h3-5,10H,1-2,6-7,14-15H2;1H/t10-;/m1./s1. The zero-order valence-electron chi connectivity index (χ0n) is 8.96. The first-order valence-corrected chi connectivity index (χ1v) is 5.85. The molecule has 2 nitrogen and oxygen atoms in total. The molecule has 92 valence electrons. The van der Waals surface area contributed by atoms with Crippen LogP contribution in [0.5, 0.6) is 0 Å². The van der Waals surface area contributed by atoms with Crippen molar-refractivity contribution in [1.82, 2.24) is 0 Å². The van der Waals surface area contributed by atoms with Crippen LogP contribution in [0.1, 0.15) is 30.9 Å². The van der Waals surface area contributed by atoms with Gasteiger partial charge in [0.05, 0.1) is 4.47 Å². The number of hydrogen-bond acceptors (Lipinski definition) is 2. The average Bonchev–Trinajstić information content (AvgIpc) is 2.22. The quantitative estimate of drug-likeness (QED) is 0.821. The highest BCUT2D eigenvalue weighted by atomic mass is 79.9. The third kappa shape index (κ3) is 4.37. The van der Waals surface area contributed by atoms with Crippen molar-refractivity contribution in [2.24, 2.45) is 11.5 Å². The van der Waals surface area contributed by atoms with Crippen LogP contribution >= 0.6 is 28.3 Å². The van der Waals surface area contributed by atoms with E-state index >= 15 is 0 Å². The van der Waals surface area contributed by atoms with E-state index in [9.17, 15) is 4.39 Å². The normalized spacial score (nSPS) is 12.0. The van der Waals surface area contributed by atoms with Gasteiger partial charge in [-0.15, -0.1) is 12.4 Å². The van der Waals surface area contributed by atoms with Gasteiger partial charge in [-0.3, -0.25) is 0 Å². The fraction of sp³-hybridized carbons (Fsp3) is 0.455. The minimum atomic E-state index is -0.252. The highest BCUT2D eigenvalue weighted by molar-refractivity contribution is 9.10. The van der Waals surface area contributed by atoms with E-state index in [4.69, 9.17) is 11.5 Å². The number of hydrogen-bond donors (Lipinski definition) is 2. The fourth-order valence-corrected chi connectivity index (χ4v) is 1.85. The topological polar surface area (TPSA) is 52.0 Å². The summed E-state index contributed by atoms with van der Waals surface area (Å²) in [6, 6.07) is 4.96. The van der Waals surface area contributed by atoms with Gasteiger partial charge in [0.2, 0.25) is 0 Å². The van der Waals surface area contributed by atoms with E-state index in [1.165, 1.54) is 0 Å². The summed E-state index contributed by atoms with van der Waals surface area (Å²) in [5.41, 5.74) is 11.9. The van der Waals surface area contributed by atoms with Crippen molar-refractivity contribution in [2.45, 2.75) is 25.3 Å². The fourth-order valence-electron chi connectivity index (χ4n) is 1.47. The molecule has 0 bridgehead atoms. The molecule has 4 N–H and O–H groups in total. The van der Waals surface area contributed by atoms with E-state index in [0.717, 1.165) is 19.3 Å². The zero-order valence-corrected chi connectivity index (χ0v) is 11.4. The second-order valence-electron chi connectivity index (χ2n) is 3.53. The number of benzene rings is 1. The van der Waals surface area contributed by atoms with Gasteiger partial charge < -0.3 is 11.5 Å². The van der Waals surface area contributed by atoms with Crippen LogP contribution in [0, 0.1) is 5.82 Å². The molecule has 1 aromatic rings. The van der Waals surface area contributed by atoms with Crippen molar-refractivity contribution in [1.29, 1.82) is 0 Å². The van der Waals surface area contributed by atoms with Gasteiger partial charge in [0.25, 0.3) is 0 Å². The molecule has 0 unspecified atom stereocenters. The minimum Gasteiger partial charge on any atom is -0.330 e. The molecule has 0 spiro atoms. The Bertz CT molecular complexity index is 323. The maximum atomic E-state index is 13.6. The van der Waals surface area contributed by atoms with Crippen molar-refractivity contribution >= 4 is 28.3 Å². The Morgan fingerprint density at radius 3 is 2.62 bits per heavy atom. The summed E-state index contributed by atoms with van der Waals surface area (Å²) in [4.78, 5) is 0. The summed E-state index contributed by atoms with van der Waals surface area (Å²) in [5.74, 6) is -0.252. The molecule has 16 heavy (non-hydrogen) atoms. The molecule has 0 radical (unpaired) electrons. The molecule has 5 heteroatoms. The Balaban J connectivity index is 0.00000225. The Labute approximate surface area is 110 Å². The minimum absolute atomic E-state index is 0. The predicted molar refractivity (Wildman–Crippen MR) is 71.2 cm³/mol. The highest BCUT2D eigenvalue weighted by Crippen LogP contribution is 2.25. The summed E-state index contributed by atoms with van der Waals surface area (Å²) in [7, 11) is 0. The molecule has 1 atom stereocenters. The Kier molecular flexibility index (Phi) is 7.93. The Morgan fingerprint density at radius 1 is 1.31 bits per heavy atom. The highest BCUT2D eigenvalue weighted by Gasteiger charge is 2.12. The van der Waals surface area contributed by atoms with E-state index in [1.807, 2.05) is 0 Å². The first-order chi connectivity index (χ1) is 7.16. The maximum absolute atomic E-state index is 13.6. The monoisotopic (exact) mass is 310 g/mol. The predicted octanol–water partition coefficient (Wildman–Crippen LogP) is 3.14. The molecule has 0 fully saturated rings. The number of unbranched alkanes of at least 4 members (excludes halogenated alkanes) is 1. The lowest BCUT2D eigenvalue weighted by molar-refractivity contribution is 0.540.